The second-order valence-corrected chi connectivity index (χ2v) is 16.3. The van der Waals surface area contributed by atoms with Crippen molar-refractivity contribution in [2.45, 2.75) is 223 Å². The highest BCUT2D eigenvalue weighted by atomic mass is 27.2. The van der Waals surface area contributed by atoms with E-state index in [1.165, 1.54) is 154 Å². The molecule has 1 unspecified atom stereocenters. The molecule has 0 heterocycles. The third kappa shape index (κ3) is 29.3. The predicted molar refractivity (Wildman–Crippen MR) is 176 cm³/mol. The molecule has 0 aliphatic heterocycles. The molecule has 0 bridgehead atoms. The summed E-state index contributed by atoms with van der Waals surface area (Å²) >= 11 is -0.557. The lowest BCUT2D eigenvalue weighted by atomic mass is 9.95. The second kappa shape index (κ2) is 32.7. The summed E-state index contributed by atoms with van der Waals surface area (Å²) in [4.78, 5) is 0. The van der Waals surface area contributed by atoms with Gasteiger partial charge in [0, 0.05) is 0 Å². The summed E-state index contributed by atoms with van der Waals surface area (Å²) in [5.74, 6) is 1.09. The minimum absolute atomic E-state index is 0.557. The molecule has 0 spiro atoms. The SMILES string of the molecule is CCCCCCCCCCC(CCCCCCCC)[CH2][Al]([CH2]CCCCCCC)[CH2]CCCCCCC. The summed E-state index contributed by atoms with van der Waals surface area (Å²) in [5.41, 5.74) is 0. The zero-order valence-electron chi connectivity index (χ0n) is 27.1. The van der Waals surface area contributed by atoms with E-state index in [2.05, 4.69) is 27.7 Å². The first-order valence-corrected chi connectivity index (χ1v) is 20.7. The van der Waals surface area contributed by atoms with E-state index in [0.29, 0.717) is 0 Å². The van der Waals surface area contributed by atoms with Gasteiger partial charge in [0.15, 0.2) is 0 Å². The maximum Gasteiger partial charge on any atom is 0.262 e. The van der Waals surface area contributed by atoms with Crippen LogP contribution in [0.2, 0.25) is 15.8 Å². The zero-order valence-corrected chi connectivity index (χ0v) is 28.2. The van der Waals surface area contributed by atoms with Crippen LogP contribution in [0.4, 0.5) is 0 Å². The van der Waals surface area contributed by atoms with E-state index in [9.17, 15) is 0 Å². The average molecular weight is 535 g/mol. The quantitative estimate of drug-likeness (QED) is 0.0594. The minimum atomic E-state index is -0.557. The molecule has 0 aliphatic rings. The van der Waals surface area contributed by atoms with Crippen molar-refractivity contribution in [3.63, 3.8) is 0 Å². The summed E-state index contributed by atoms with van der Waals surface area (Å²) < 4.78 is 0. The normalized spacial score (nSPS) is 12.3. The smallest absolute Gasteiger partial charge is 0.0938 e. The Morgan fingerprint density at radius 1 is 0.324 bits per heavy atom. The van der Waals surface area contributed by atoms with Gasteiger partial charge in [-0.25, -0.2) is 0 Å². The number of hydrogen-bond acceptors (Lipinski definition) is 0. The maximum atomic E-state index is 2.35. The van der Waals surface area contributed by atoms with Crippen LogP contribution >= 0.6 is 0 Å². The van der Waals surface area contributed by atoms with Crippen molar-refractivity contribution in [3.05, 3.63) is 0 Å². The van der Waals surface area contributed by atoms with E-state index in [-0.39, 0.29) is 0 Å². The van der Waals surface area contributed by atoms with Crippen molar-refractivity contribution in [2.75, 3.05) is 0 Å². The first-order chi connectivity index (χ1) is 18.3. The maximum absolute atomic E-state index is 2.35. The van der Waals surface area contributed by atoms with Gasteiger partial charge in [0.25, 0.3) is 14.1 Å². The molecule has 1 atom stereocenters. The Bertz CT molecular complexity index is 376. The van der Waals surface area contributed by atoms with Crippen LogP contribution in [-0.2, 0) is 0 Å². The number of rotatable bonds is 32. The first kappa shape index (κ1) is 37.5. The van der Waals surface area contributed by atoms with Crippen molar-refractivity contribution in [2.24, 2.45) is 5.92 Å². The lowest BCUT2D eigenvalue weighted by molar-refractivity contribution is 0.427. The van der Waals surface area contributed by atoms with Gasteiger partial charge in [0.2, 0.25) is 0 Å². The van der Waals surface area contributed by atoms with Gasteiger partial charge in [0.1, 0.15) is 0 Å². The first-order valence-electron chi connectivity index (χ1n) is 18.3. The van der Waals surface area contributed by atoms with Gasteiger partial charge in [-0.15, -0.1) is 0 Å². The monoisotopic (exact) mass is 535 g/mol. The lowest BCUT2D eigenvalue weighted by Gasteiger charge is -2.21. The van der Waals surface area contributed by atoms with E-state index in [4.69, 9.17) is 0 Å². The Kier molecular flexibility index (Phi) is 33.2. The molecule has 37 heavy (non-hydrogen) atoms. The Hall–Kier alpha value is 0.532. The fraction of sp³-hybridized carbons (Fsp3) is 1.00. The van der Waals surface area contributed by atoms with Gasteiger partial charge >= 0.3 is 0 Å². The molecule has 0 saturated heterocycles. The van der Waals surface area contributed by atoms with E-state index in [1.807, 2.05) is 0 Å². The molecule has 0 radical (unpaired) electrons. The topological polar surface area (TPSA) is 0 Å². The number of hydrogen-bond donors (Lipinski definition) is 0. The minimum Gasteiger partial charge on any atom is -0.0938 e. The van der Waals surface area contributed by atoms with Crippen LogP contribution in [0, 0.1) is 5.92 Å². The molecule has 0 rings (SSSR count). The van der Waals surface area contributed by atoms with Crippen LogP contribution in [0.5, 0.6) is 0 Å². The van der Waals surface area contributed by atoms with Gasteiger partial charge < -0.3 is 0 Å². The van der Waals surface area contributed by atoms with Crippen LogP contribution in [-0.4, -0.2) is 14.1 Å². The van der Waals surface area contributed by atoms with Crippen LogP contribution in [0.25, 0.3) is 0 Å². The Morgan fingerprint density at radius 3 is 0.919 bits per heavy atom. The molecule has 0 fully saturated rings. The van der Waals surface area contributed by atoms with E-state index in [0.717, 1.165) is 5.92 Å². The van der Waals surface area contributed by atoms with Crippen LogP contribution < -0.4 is 0 Å². The van der Waals surface area contributed by atoms with Crippen LogP contribution in [0.3, 0.4) is 0 Å². The third-order valence-corrected chi connectivity index (χ3v) is 12.8. The van der Waals surface area contributed by atoms with Gasteiger partial charge in [0.05, 0.1) is 0 Å². The molecule has 222 valence electrons. The molecule has 0 aromatic rings. The highest BCUT2D eigenvalue weighted by Gasteiger charge is 2.21. The van der Waals surface area contributed by atoms with Crippen molar-refractivity contribution < 1.29 is 0 Å². The highest BCUT2D eigenvalue weighted by Crippen LogP contribution is 2.28. The molecule has 0 amide bonds. The summed E-state index contributed by atoms with van der Waals surface area (Å²) in [6.45, 7) is 9.37. The van der Waals surface area contributed by atoms with E-state index < -0.39 is 14.1 Å². The largest absolute Gasteiger partial charge is 0.262 e. The molecule has 0 aliphatic carbocycles. The van der Waals surface area contributed by atoms with Crippen molar-refractivity contribution in [1.29, 1.82) is 0 Å². The fourth-order valence-corrected chi connectivity index (χ4v) is 10.3. The molecule has 0 aromatic heterocycles. The molecular formula is C36H75Al. The van der Waals surface area contributed by atoms with Crippen molar-refractivity contribution in [1.82, 2.24) is 0 Å². The van der Waals surface area contributed by atoms with Gasteiger partial charge in [-0.3, -0.25) is 0 Å². The summed E-state index contributed by atoms with van der Waals surface area (Å²) in [7, 11) is 0. The summed E-state index contributed by atoms with van der Waals surface area (Å²) in [5, 5.41) is 5.05. The second-order valence-electron chi connectivity index (χ2n) is 12.9. The number of unbranched alkanes of at least 4 members (excludes halogenated alkanes) is 22. The molecule has 0 nitrogen and oxygen atoms in total. The molecule has 0 saturated carbocycles. The third-order valence-electron chi connectivity index (χ3n) is 9.03. The van der Waals surface area contributed by atoms with E-state index in [1.54, 1.807) is 41.5 Å². The Labute approximate surface area is 242 Å². The molecule has 0 N–H and O–H groups in total. The standard InChI is InChI=1S/C20H41.2C8H17.Al/c1-4-6-8-10-12-13-15-17-19-20(3)18-16-14-11-9-7-5-2;2*1-3-5-7-8-6-4-2;/h20H,3-19H2,1-2H3;2*1,3-8H2,2H3;. The predicted octanol–water partition coefficient (Wildman–Crippen LogP) is 14.1. The fourth-order valence-electron chi connectivity index (χ4n) is 6.44. The van der Waals surface area contributed by atoms with Crippen LogP contribution in [0.1, 0.15) is 207 Å². The molecule has 1 heteroatoms. The van der Waals surface area contributed by atoms with Crippen molar-refractivity contribution in [3.8, 4) is 0 Å². The molecule has 0 aromatic carbocycles. The summed E-state index contributed by atoms with van der Waals surface area (Å²) in [6, 6.07) is 0. The van der Waals surface area contributed by atoms with Crippen LogP contribution in [0.15, 0.2) is 0 Å². The molecular weight excluding hydrogens is 459 g/mol. The Balaban J connectivity index is 4.59. The lowest BCUT2D eigenvalue weighted by Crippen LogP contribution is -2.18. The van der Waals surface area contributed by atoms with Gasteiger partial charge in [-0.1, -0.05) is 229 Å². The van der Waals surface area contributed by atoms with E-state index >= 15 is 0 Å². The summed E-state index contributed by atoms with van der Waals surface area (Å²) in [6.07, 6.45) is 41.7. The van der Waals surface area contributed by atoms with Gasteiger partial charge in [-0.05, 0) is 0 Å². The average Bonchev–Trinajstić information content (AvgIpc) is 2.91. The Morgan fingerprint density at radius 2 is 0.595 bits per heavy atom. The highest BCUT2D eigenvalue weighted by molar-refractivity contribution is 6.58. The van der Waals surface area contributed by atoms with Crippen molar-refractivity contribution >= 4 is 14.1 Å². The van der Waals surface area contributed by atoms with Gasteiger partial charge in [-0.2, -0.15) is 0 Å². The zero-order chi connectivity index (χ0) is 27.1.